The summed E-state index contributed by atoms with van der Waals surface area (Å²) in [6.45, 7) is 1.80. The zero-order chi connectivity index (χ0) is 12.7. The molecular formula is C13H12N4O. The lowest BCUT2D eigenvalue weighted by Crippen LogP contribution is -2.16. The van der Waals surface area contributed by atoms with E-state index in [4.69, 9.17) is 5.73 Å². The summed E-state index contributed by atoms with van der Waals surface area (Å²) in [5.74, 6) is 0.0907. The maximum absolute atomic E-state index is 12.2. The van der Waals surface area contributed by atoms with E-state index in [9.17, 15) is 4.79 Å². The summed E-state index contributed by atoms with van der Waals surface area (Å²) in [5.41, 5.74) is 7.86. The first-order valence-electron chi connectivity index (χ1n) is 5.60. The number of hydrogen-bond donors (Lipinski definition) is 2. The number of carbonyl (C=O) groups excluding carboxylic acids is 1. The number of carbonyl (C=O) groups is 1. The second-order valence-corrected chi connectivity index (χ2v) is 4.20. The first kappa shape index (κ1) is 10.6. The van der Waals surface area contributed by atoms with Gasteiger partial charge in [0.15, 0.2) is 0 Å². The van der Waals surface area contributed by atoms with Gasteiger partial charge < -0.3 is 10.7 Å². The molecule has 0 saturated carbocycles. The number of aromatic amines is 1. The van der Waals surface area contributed by atoms with Gasteiger partial charge in [-0.05, 0) is 19.1 Å². The van der Waals surface area contributed by atoms with Gasteiger partial charge in [0.05, 0.1) is 5.69 Å². The molecule has 0 aliphatic heterocycles. The molecular weight excluding hydrogens is 228 g/mol. The van der Waals surface area contributed by atoms with Crippen LogP contribution in [0.4, 0.5) is 5.82 Å². The molecule has 2 aromatic heterocycles. The van der Waals surface area contributed by atoms with Crippen molar-refractivity contribution in [1.82, 2.24) is 14.8 Å². The van der Waals surface area contributed by atoms with Gasteiger partial charge in [0.2, 0.25) is 0 Å². The lowest BCUT2D eigenvalue weighted by atomic mass is 10.2. The van der Waals surface area contributed by atoms with Crippen molar-refractivity contribution in [2.45, 2.75) is 6.92 Å². The molecule has 2 heterocycles. The van der Waals surface area contributed by atoms with Gasteiger partial charge in [-0.2, -0.15) is 9.78 Å². The molecule has 0 radical (unpaired) electrons. The summed E-state index contributed by atoms with van der Waals surface area (Å²) < 4.78 is 1.21. The molecule has 0 aliphatic carbocycles. The SMILES string of the molecule is Cc1cc(N)n(C(=O)c2cc3ccccc3[nH]2)n1. The highest BCUT2D eigenvalue weighted by Crippen LogP contribution is 2.16. The van der Waals surface area contributed by atoms with Crippen LogP contribution in [0.15, 0.2) is 36.4 Å². The predicted octanol–water partition coefficient (Wildman–Crippen LogP) is 1.94. The Balaban J connectivity index is 2.09. The zero-order valence-electron chi connectivity index (χ0n) is 9.84. The normalized spacial score (nSPS) is 10.9. The van der Waals surface area contributed by atoms with Gasteiger partial charge in [0.25, 0.3) is 5.91 Å². The van der Waals surface area contributed by atoms with E-state index in [0.717, 1.165) is 16.6 Å². The molecule has 18 heavy (non-hydrogen) atoms. The summed E-state index contributed by atoms with van der Waals surface area (Å²) in [6, 6.07) is 11.2. The zero-order valence-corrected chi connectivity index (χ0v) is 9.84. The second-order valence-electron chi connectivity index (χ2n) is 4.20. The summed E-state index contributed by atoms with van der Waals surface area (Å²) in [4.78, 5) is 15.3. The summed E-state index contributed by atoms with van der Waals surface area (Å²) in [5, 5.41) is 5.07. The number of hydrogen-bond acceptors (Lipinski definition) is 3. The largest absolute Gasteiger partial charge is 0.383 e. The van der Waals surface area contributed by atoms with Crippen LogP contribution in [-0.2, 0) is 0 Å². The number of nitrogens with two attached hydrogens (primary N) is 1. The third-order valence-corrected chi connectivity index (χ3v) is 2.81. The maximum atomic E-state index is 12.2. The van der Waals surface area contributed by atoms with E-state index in [0.29, 0.717) is 11.5 Å². The average Bonchev–Trinajstić information content (AvgIpc) is 2.91. The van der Waals surface area contributed by atoms with Crippen molar-refractivity contribution >= 4 is 22.6 Å². The van der Waals surface area contributed by atoms with Gasteiger partial charge in [0, 0.05) is 17.0 Å². The van der Waals surface area contributed by atoms with E-state index in [1.807, 2.05) is 24.3 Å². The van der Waals surface area contributed by atoms with E-state index in [2.05, 4.69) is 10.1 Å². The van der Waals surface area contributed by atoms with E-state index >= 15 is 0 Å². The van der Waals surface area contributed by atoms with Crippen molar-refractivity contribution in [3.63, 3.8) is 0 Å². The molecule has 0 amide bonds. The van der Waals surface area contributed by atoms with Crippen LogP contribution in [0.5, 0.6) is 0 Å². The Labute approximate surface area is 103 Å². The van der Waals surface area contributed by atoms with Gasteiger partial charge in [-0.25, -0.2) is 0 Å². The smallest absolute Gasteiger partial charge is 0.296 e. The van der Waals surface area contributed by atoms with Crippen LogP contribution in [0.1, 0.15) is 16.2 Å². The fraction of sp³-hybridized carbons (Fsp3) is 0.0769. The highest BCUT2D eigenvalue weighted by Gasteiger charge is 2.15. The minimum Gasteiger partial charge on any atom is -0.383 e. The first-order chi connectivity index (χ1) is 8.65. The van der Waals surface area contributed by atoms with Crippen molar-refractivity contribution < 1.29 is 4.79 Å². The van der Waals surface area contributed by atoms with E-state index in [1.54, 1.807) is 19.1 Å². The Morgan fingerprint density at radius 2 is 2.11 bits per heavy atom. The minimum absolute atomic E-state index is 0.253. The van der Waals surface area contributed by atoms with Crippen LogP contribution in [0.25, 0.3) is 10.9 Å². The fourth-order valence-corrected chi connectivity index (χ4v) is 1.98. The number of anilines is 1. The van der Waals surface area contributed by atoms with Crippen LogP contribution in [0.2, 0.25) is 0 Å². The molecule has 0 aliphatic rings. The maximum Gasteiger partial charge on any atom is 0.296 e. The summed E-state index contributed by atoms with van der Waals surface area (Å²) >= 11 is 0. The summed E-state index contributed by atoms with van der Waals surface area (Å²) in [6.07, 6.45) is 0. The number of rotatable bonds is 1. The molecule has 0 spiro atoms. The molecule has 1 aromatic carbocycles. The Morgan fingerprint density at radius 3 is 2.78 bits per heavy atom. The van der Waals surface area contributed by atoms with Crippen LogP contribution in [0.3, 0.4) is 0 Å². The van der Waals surface area contributed by atoms with Gasteiger partial charge >= 0.3 is 0 Å². The molecule has 0 fully saturated rings. The standard InChI is InChI=1S/C13H12N4O/c1-8-6-12(14)17(16-8)13(18)11-7-9-4-2-3-5-10(9)15-11/h2-7,15H,14H2,1H3. The Hall–Kier alpha value is -2.56. The quantitative estimate of drug-likeness (QED) is 0.682. The molecule has 0 saturated heterocycles. The molecule has 3 rings (SSSR count). The highest BCUT2D eigenvalue weighted by molar-refractivity contribution is 6.00. The number of nitrogens with one attached hydrogen (secondary N) is 1. The number of nitrogens with zero attached hydrogens (tertiary/aromatic N) is 2. The molecule has 0 bridgehead atoms. The Kier molecular flexibility index (Phi) is 2.19. The van der Waals surface area contributed by atoms with E-state index in [-0.39, 0.29) is 5.91 Å². The number of aryl methyl sites for hydroxylation is 1. The van der Waals surface area contributed by atoms with E-state index < -0.39 is 0 Å². The molecule has 3 N–H and O–H groups in total. The van der Waals surface area contributed by atoms with Crippen LogP contribution in [-0.4, -0.2) is 20.7 Å². The van der Waals surface area contributed by atoms with Crippen LogP contribution < -0.4 is 5.73 Å². The number of fused-ring (bicyclic) bond motifs is 1. The molecule has 5 heteroatoms. The first-order valence-corrected chi connectivity index (χ1v) is 5.60. The van der Waals surface area contributed by atoms with Crippen molar-refractivity contribution in [2.75, 3.05) is 5.73 Å². The average molecular weight is 240 g/mol. The molecule has 5 nitrogen and oxygen atoms in total. The van der Waals surface area contributed by atoms with Gasteiger partial charge in [0.1, 0.15) is 11.5 Å². The van der Waals surface area contributed by atoms with Gasteiger partial charge in [-0.3, -0.25) is 4.79 Å². The summed E-state index contributed by atoms with van der Waals surface area (Å²) in [7, 11) is 0. The topological polar surface area (TPSA) is 76.7 Å². The molecule has 90 valence electrons. The Morgan fingerprint density at radius 1 is 1.33 bits per heavy atom. The lowest BCUT2D eigenvalue weighted by molar-refractivity contribution is 0.0943. The molecule has 3 aromatic rings. The second kappa shape index (κ2) is 3.73. The van der Waals surface area contributed by atoms with Crippen LogP contribution >= 0.6 is 0 Å². The van der Waals surface area contributed by atoms with Gasteiger partial charge in [-0.1, -0.05) is 18.2 Å². The van der Waals surface area contributed by atoms with E-state index in [1.165, 1.54) is 4.68 Å². The van der Waals surface area contributed by atoms with Crippen molar-refractivity contribution in [3.8, 4) is 0 Å². The minimum atomic E-state index is -0.253. The third-order valence-electron chi connectivity index (χ3n) is 2.81. The number of benzene rings is 1. The number of aromatic nitrogens is 3. The van der Waals surface area contributed by atoms with Crippen molar-refractivity contribution in [2.24, 2.45) is 0 Å². The monoisotopic (exact) mass is 240 g/mol. The van der Waals surface area contributed by atoms with Crippen LogP contribution in [0, 0.1) is 6.92 Å². The number of nitrogen functional groups attached to an aromatic ring is 1. The molecule has 0 unspecified atom stereocenters. The predicted molar refractivity (Wildman–Crippen MR) is 69.4 cm³/mol. The number of para-hydroxylation sites is 1. The lowest BCUT2D eigenvalue weighted by Gasteiger charge is -1.99. The fourth-order valence-electron chi connectivity index (χ4n) is 1.98. The van der Waals surface area contributed by atoms with Crippen molar-refractivity contribution in [1.29, 1.82) is 0 Å². The number of H-pyrrole nitrogens is 1. The van der Waals surface area contributed by atoms with Gasteiger partial charge in [-0.15, -0.1) is 0 Å². The molecule has 0 atom stereocenters. The highest BCUT2D eigenvalue weighted by atomic mass is 16.2. The van der Waals surface area contributed by atoms with Crippen molar-refractivity contribution in [3.05, 3.63) is 47.8 Å². The third kappa shape index (κ3) is 1.57. The Bertz CT molecular complexity index is 705.